The minimum absolute atomic E-state index is 0.340. The molecule has 0 aromatic rings. The van der Waals surface area contributed by atoms with E-state index in [0.717, 1.165) is 39.0 Å². The van der Waals surface area contributed by atoms with Gasteiger partial charge in [0.2, 0.25) is 5.91 Å². The molecule has 2 fully saturated rings. The van der Waals surface area contributed by atoms with Gasteiger partial charge in [-0.05, 0) is 12.8 Å². The standard InChI is InChI=1S/C10H17N3OS/c11-9(15)7-12-3-5-13(6-4-12)10(14)8-1-2-8/h8H,1-7H2,(H2,11,15). The Labute approximate surface area is 95.4 Å². The number of hydrogen-bond donors (Lipinski definition) is 1. The van der Waals surface area contributed by atoms with Gasteiger partial charge in [0.15, 0.2) is 0 Å². The predicted molar refractivity (Wildman–Crippen MR) is 62.5 cm³/mol. The van der Waals surface area contributed by atoms with Gasteiger partial charge in [-0.2, -0.15) is 0 Å². The van der Waals surface area contributed by atoms with E-state index in [1.807, 2.05) is 4.90 Å². The summed E-state index contributed by atoms with van der Waals surface area (Å²) in [6.07, 6.45) is 2.18. The first-order valence-corrected chi connectivity index (χ1v) is 5.87. The first-order chi connectivity index (χ1) is 7.16. The lowest BCUT2D eigenvalue weighted by Crippen LogP contribution is -2.50. The van der Waals surface area contributed by atoms with E-state index in [0.29, 0.717) is 23.4 Å². The van der Waals surface area contributed by atoms with Crippen molar-refractivity contribution < 1.29 is 4.79 Å². The van der Waals surface area contributed by atoms with E-state index in [9.17, 15) is 4.79 Å². The number of thiocarbonyl (C=S) groups is 1. The number of rotatable bonds is 3. The van der Waals surface area contributed by atoms with Gasteiger partial charge in [0.25, 0.3) is 0 Å². The molecule has 0 radical (unpaired) electrons. The van der Waals surface area contributed by atoms with E-state index in [1.54, 1.807) is 0 Å². The normalized spacial score (nSPS) is 22.8. The molecule has 0 atom stereocenters. The van der Waals surface area contributed by atoms with Gasteiger partial charge in [-0.1, -0.05) is 12.2 Å². The van der Waals surface area contributed by atoms with Crippen molar-refractivity contribution in [2.45, 2.75) is 12.8 Å². The van der Waals surface area contributed by atoms with Crippen LogP contribution in [0.4, 0.5) is 0 Å². The van der Waals surface area contributed by atoms with Crippen LogP contribution in [0.15, 0.2) is 0 Å². The molecule has 2 rings (SSSR count). The fourth-order valence-corrected chi connectivity index (χ4v) is 2.12. The first kappa shape index (κ1) is 10.8. The Bertz CT molecular complexity index is 270. The molecule has 1 aliphatic carbocycles. The average Bonchev–Trinajstić information content (AvgIpc) is 3.00. The summed E-state index contributed by atoms with van der Waals surface area (Å²) in [5.74, 6) is 0.692. The molecule has 5 heteroatoms. The molecule has 0 spiro atoms. The maximum absolute atomic E-state index is 11.7. The molecule has 84 valence electrons. The number of nitrogens with two attached hydrogens (primary N) is 1. The Kier molecular flexibility index (Phi) is 3.21. The number of amides is 1. The smallest absolute Gasteiger partial charge is 0.225 e. The van der Waals surface area contributed by atoms with Crippen LogP contribution in [0.5, 0.6) is 0 Å². The molecule has 1 saturated heterocycles. The van der Waals surface area contributed by atoms with Crippen molar-refractivity contribution in [2.24, 2.45) is 11.7 Å². The quantitative estimate of drug-likeness (QED) is 0.680. The maximum atomic E-state index is 11.7. The number of carbonyl (C=O) groups excluding carboxylic acids is 1. The lowest BCUT2D eigenvalue weighted by atomic mass is 10.2. The van der Waals surface area contributed by atoms with Crippen molar-refractivity contribution in [3.05, 3.63) is 0 Å². The van der Waals surface area contributed by atoms with Crippen LogP contribution in [0.1, 0.15) is 12.8 Å². The summed E-state index contributed by atoms with van der Waals surface area (Å²) in [4.78, 5) is 16.5. The van der Waals surface area contributed by atoms with Crippen molar-refractivity contribution in [3.8, 4) is 0 Å². The van der Waals surface area contributed by atoms with Crippen LogP contribution in [-0.2, 0) is 4.79 Å². The molecule has 0 bridgehead atoms. The summed E-state index contributed by atoms with van der Waals surface area (Å²) >= 11 is 4.86. The monoisotopic (exact) mass is 227 g/mol. The van der Waals surface area contributed by atoms with E-state index < -0.39 is 0 Å². The SMILES string of the molecule is NC(=S)CN1CCN(C(=O)C2CC2)CC1. The number of hydrogen-bond acceptors (Lipinski definition) is 3. The molecule has 1 heterocycles. The Morgan fingerprint density at radius 2 is 1.87 bits per heavy atom. The van der Waals surface area contributed by atoms with E-state index in [2.05, 4.69) is 4.90 Å². The van der Waals surface area contributed by atoms with Gasteiger partial charge in [-0.15, -0.1) is 0 Å². The van der Waals surface area contributed by atoms with Crippen molar-refractivity contribution in [3.63, 3.8) is 0 Å². The molecule has 0 unspecified atom stereocenters. The fourth-order valence-electron chi connectivity index (χ4n) is 1.94. The molecule has 4 nitrogen and oxygen atoms in total. The molecular formula is C10H17N3OS. The fraction of sp³-hybridized carbons (Fsp3) is 0.800. The molecule has 2 N–H and O–H groups in total. The summed E-state index contributed by atoms with van der Waals surface area (Å²) in [5, 5.41) is 0. The largest absolute Gasteiger partial charge is 0.392 e. The lowest BCUT2D eigenvalue weighted by Gasteiger charge is -2.34. The second kappa shape index (κ2) is 4.45. The molecule has 2 aliphatic rings. The number of nitrogens with zero attached hydrogens (tertiary/aromatic N) is 2. The summed E-state index contributed by atoms with van der Waals surface area (Å²) in [6.45, 7) is 4.14. The Morgan fingerprint density at radius 3 is 2.33 bits per heavy atom. The molecule has 0 aromatic heterocycles. The Balaban J connectivity index is 1.76. The number of piperazine rings is 1. The lowest BCUT2D eigenvalue weighted by molar-refractivity contribution is -0.134. The number of carbonyl (C=O) groups is 1. The van der Waals surface area contributed by atoms with Crippen LogP contribution in [0.2, 0.25) is 0 Å². The van der Waals surface area contributed by atoms with E-state index in [4.69, 9.17) is 18.0 Å². The molecule has 15 heavy (non-hydrogen) atoms. The van der Waals surface area contributed by atoms with E-state index in [1.165, 1.54) is 0 Å². The van der Waals surface area contributed by atoms with Crippen LogP contribution < -0.4 is 5.73 Å². The zero-order valence-corrected chi connectivity index (χ0v) is 9.63. The summed E-state index contributed by atoms with van der Waals surface area (Å²) in [6, 6.07) is 0. The van der Waals surface area contributed by atoms with Crippen LogP contribution in [-0.4, -0.2) is 53.4 Å². The second-order valence-electron chi connectivity index (χ2n) is 4.34. The minimum Gasteiger partial charge on any atom is -0.392 e. The highest BCUT2D eigenvalue weighted by molar-refractivity contribution is 7.80. The highest BCUT2D eigenvalue weighted by Gasteiger charge is 2.34. The van der Waals surface area contributed by atoms with E-state index >= 15 is 0 Å². The highest BCUT2D eigenvalue weighted by atomic mass is 32.1. The van der Waals surface area contributed by atoms with Gasteiger partial charge in [0.1, 0.15) is 0 Å². The van der Waals surface area contributed by atoms with Crippen LogP contribution in [0, 0.1) is 5.92 Å². The topological polar surface area (TPSA) is 49.6 Å². The average molecular weight is 227 g/mol. The van der Waals surface area contributed by atoms with Crippen molar-refractivity contribution in [2.75, 3.05) is 32.7 Å². The van der Waals surface area contributed by atoms with Gasteiger partial charge in [0.05, 0.1) is 4.99 Å². The van der Waals surface area contributed by atoms with Crippen LogP contribution in [0.3, 0.4) is 0 Å². The zero-order chi connectivity index (χ0) is 10.8. The Hall–Kier alpha value is -0.680. The van der Waals surface area contributed by atoms with Crippen LogP contribution >= 0.6 is 12.2 Å². The molecule has 1 saturated carbocycles. The third-order valence-electron chi connectivity index (χ3n) is 2.99. The van der Waals surface area contributed by atoms with Gasteiger partial charge in [-0.3, -0.25) is 9.69 Å². The second-order valence-corrected chi connectivity index (χ2v) is 4.87. The van der Waals surface area contributed by atoms with E-state index in [-0.39, 0.29) is 0 Å². The summed E-state index contributed by atoms with van der Waals surface area (Å²) < 4.78 is 0. The van der Waals surface area contributed by atoms with Crippen molar-refractivity contribution >= 4 is 23.1 Å². The van der Waals surface area contributed by atoms with Crippen molar-refractivity contribution in [1.29, 1.82) is 0 Å². The van der Waals surface area contributed by atoms with Gasteiger partial charge < -0.3 is 10.6 Å². The van der Waals surface area contributed by atoms with Gasteiger partial charge >= 0.3 is 0 Å². The summed E-state index contributed by atoms with van der Waals surface area (Å²) in [5.41, 5.74) is 5.49. The third-order valence-corrected chi connectivity index (χ3v) is 3.12. The molecule has 1 aliphatic heterocycles. The Morgan fingerprint density at radius 1 is 1.27 bits per heavy atom. The molecule has 1 amide bonds. The molecular weight excluding hydrogens is 210 g/mol. The van der Waals surface area contributed by atoms with Crippen molar-refractivity contribution in [1.82, 2.24) is 9.80 Å². The van der Waals surface area contributed by atoms with Gasteiger partial charge in [-0.25, -0.2) is 0 Å². The van der Waals surface area contributed by atoms with Gasteiger partial charge in [0, 0.05) is 38.6 Å². The molecule has 0 aromatic carbocycles. The van der Waals surface area contributed by atoms with Crippen LogP contribution in [0.25, 0.3) is 0 Å². The summed E-state index contributed by atoms with van der Waals surface area (Å²) in [7, 11) is 0. The predicted octanol–water partition coefficient (Wildman–Crippen LogP) is -0.173. The maximum Gasteiger partial charge on any atom is 0.225 e. The minimum atomic E-state index is 0.340. The third kappa shape index (κ3) is 2.89. The highest BCUT2D eigenvalue weighted by Crippen LogP contribution is 2.31. The zero-order valence-electron chi connectivity index (χ0n) is 8.82. The first-order valence-electron chi connectivity index (χ1n) is 5.46.